The minimum absolute atomic E-state index is 0.0810. The van der Waals surface area contributed by atoms with Crippen LogP contribution in [0.25, 0.3) is 0 Å². The number of carbonyl (C=O) groups is 2. The summed E-state index contributed by atoms with van der Waals surface area (Å²) in [6.07, 6.45) is 3.98. The number of pyridine rings is 2. The average molecular weight is 401 g/mol. The number of hydrogen-bond acceptors (Lipinski definition) is 7. The summed E-state index contributed by atoms with van der Waals surface area (Å²) in [5.41, 5.74) is 0.162. The van der Waals surface area contributed by atoms with Crippen molar-refractivity contribution in [3.63, 3.8) is 0 Å². The molecule has 0 unspecified atom stereocenters. The van der Waals surface area contributed by atoms with E-state index in [-0.39, 0.29) is 11.4 Å². The van der Waals surface area contributed by atoms with Crippen LogP contribution in [0.5, 0.6) is 0 Å². The molecule has 0 atom stereocenters. The molecule has 2 aromatic heterocycles. The highest BCUT2D eigenvalue weighted by atomic mass is 16.4. The van der Waals surface area contributed by atoms with E-state index >= 15 is 0 Å². The highest BCUT2D eigenvalue weighted by Crippen LogP contribution is 1.91. The fraction of sp³-hybridized carbons (Fsp3) is 0.350. The molecule has 0 amide bonds. The molecule has 0 aliphatic carbocycles. The number of nitrogens with zero attached hydrogens (tertiary/aromatic N) is 5. The molecule has 2 N–H and O–H groups in total. The molecule has 0 aliphatic rings. The lowest BCUT2D eigenvalue weighted by Gasteiger charge is -2.05. The van der Waals surface area contributed by atoms with Crippen LogP contribution in [0.15, 0.2) is 58.8 Å². The van der Waals surface area contributed by atoms with E-state index in [1.54, 1.807) is 24.3 Å². The van der Waals surface area contributed by atoms with Crippen molar-refractivity contribution in [3.05, 3.63) is 60.2 Å². The quantitative estimate of drug-likeness (QED) is 0.539. The Morgan fingerprint density at radius 3 is 1.79 bits per heavy atom. The summed E-state index contributed by atoms with van der Waals surface area (Å²) in [5.74, 6) is -1.98. The van der Waals surface area contributed by atoms with Gasteiger partial charge in [0.15, 0.2) is 0 Å². The van der Waals surface area contributed by atoms with Crippen LogP contribution < -0.4 is 0 Å². The smallest absolute Gasteiger partial charge is 0.354 e. The van der Waals surface area contributed by atoms with E-state index in [9.17, 15) is 9.59 Å². The Bertz CT molecular complexity index is 711. The third kappa shape index (κ3) is 15.3. The monoisotopic (exact) mass is 401 g/mol. The Morgan fingerprint density at radius 1 is 0.966 bits per heavy atom. The van der Waals surface area contributed by atoms with Gasteiger partial charge in [-0.2, -0.15) is 0 Å². The summed E-state index contributed by atoms with van der Waals surface area (Å²) in [6.45, 7) is 4.67. The van der Waals surface area contributed by atoms with Crippen molar-refractivity contribution < 1.29 is 19.8 Å². The van der Waals surface area contributed by atoms with Crippen LogP contribution in [0.4, 0.5) is 0 Å². The third-order valence-electron chi connectivity index (χ3n) is 2.94. The largest absolute Gasteiger partial charge is 0.477 e. The van der Waals surface area contributed by atoms with Crippen molar-refractivity contribution in [2.24, 2.45) is 9.98 Å². The second-order valence-corrected chi connectivity index (χ2v) is 5.65. The predicted octanol–water partition coefficient (Wildman–Crippen LogP) is 2.69. The van der Waals surface area contributed by atoms with Gasteiger partial charge in [-0.1, -0.05) is 12.1 Å². The molecule has 9 heteroatoms. The molecule has 29 heavy (non-hydrogen) atoms. The number of carboxylic acids is 2. The van der Waals surface area contributed by atoms with Crippen LogP contribution in [0.1, 0.15) is 34.3 Å². The van der Waals surface area contributed by atoms with Gasteiger partial charge in [0, 0.05) is 18.9 Å². The standard InChI is InChI=1S/C8H17N3.2C6H5NO2/c1-4-9-8-10-6-5-7-11(2)3;2*8-6(9)5-3-1-2-4-7-5/h4-7H2,1-3H3;2*1-4H,(H,8,9). The molecule has 0 saturated heterocycles. The lowest BCUT2D eigenvalue weighted by Crippen LogP contribution is -2.13. The zero-order chi connectivity index (χ0) is 21.9. The summed E-state index contributed by atoms with van der Waals surface area (Å²) in [5, 5.41) is 16.6. The van der Waals surface area contributed by atoms with E-state index in [0.717, 1.165) is 26.1 Å². The van der Waals surface area contributed by atoms with Crippen molar-refractivity contribution >= 4 is 17.9 Å². The summed E-state index contributed by atoms with van der Waals surface area (Å²) in [7, 11) is 4.12. The van der Waals surface area contributed by atoms with Crippen LogP contribution in [-0.4, -0.2) is 76.8 Å². The first-order valence-corrected chi connectivity index (χ1v) is 8.89. The van der Waals surface area contributed by atoms with Gasteiger partial charge >= 0.3 is 11.9 Å². The van der Waals surface area contributed by atoms with Crippen molar-refractivity contribution in [1.29, 1.82) is 0 Å². The Labute approximate surface area is 170 Å². The molecule has 0 aromatic carbocycles. The van der Waals surface area contributed by atoms with E-state index in [0.29, 0.717) is 0 Å². The molecule has 0 aliphatic heterocycles. The molecule has 0 fully saturated rings. The number of aromatic carboxylic acids is 2. The molecule has 2 aromatic rings. The Balaban J connectivity index is 0.000000408. The maximum Gasteiger partial charge on any atom is 0.354 e. The van der Waals surface area contributed by atoms with E-state index in [1.165, 1.54) is 24.5 Å². The molecule has 2 heterocycles. The first-order valence-electron chi connectivity index (χ1n) is 8.89. The van der Waals surface area contributed by atoms with Crippen molar-refractivity contribution in [3.8, 4) is 0 Å². The highest BCUT2D eigenvalue weighted by molar-refractivity contribution is 5.85. The molecule has 0 saturated carbocycles. The summed E-state index contributed by atoms with van der Waals surface area (Å²) < 4.78 is 0. The number of aliphatic imine (C=N–C) groups is 2. The molecule has 0 bridgehead atoms. The van der Waals surface area contributed by atoms with Gasteiger partial charge in [-0.15, -0.1) is 0 Å². The number of aromatic nitrogens is 2. The van der Waals surface area contributed by atoms with Crippen LogP contribution in [0, 0.1) is 0 Å². The van der Waals surface area contributed by atoms with Crippen LogP contribution >= 0.6 is 0 Å². The van der Waals surface area contributed by atoms with Gasteiger partial charge in [-0.3, -0.25) is 0 Å². The topological polar surface area (TPSA) is 128 Å². The second kappa shape index (κ2) is 16.7. The lowest BCUT2D eigenvalue weighted by molar-refractivity contribution is 0.0680. The third-order valence-corrected chi connectivity index (χ3v) is 2.94. The van der Waals surface area contributed by atoms with Gasteiger partial charge in [0.2, 0.25) is 0 Å². The minimum Gasteiger partial charge on any atom is -0.477 e. The van der Waals surface area contributed by atoms with E-state index in [4.69, 9.17) is 10.2 Å². The molecule has 0 radical (unpaired) electrons. The SMILES string of the molecule is CCN=C=NCCCN(C)C.O=C(O)c1ccccn1.O=C(O)c1ccccn1. The molecule has 0 spiro atoms. The number of hydrogen-bond donors (Lipinski definition) is 2. The zero-order valence-corrected chi connectivity index (χ0v) is 16.9. The zero-order valence-electron chi connectivity index (χ0n) is 16.9. The number of carboxylic acid groups (broad SMARTS) is 2. The fourth-order valence-electron chi connectivity index (χ4n) is 1.62. The van der Waals surface area contributed by atoms with E-state index in [1.807, 2.05) is 6.92 Å². The van der Waals surface area contributed by atoms with Crippen molar-refractivity contribution in [2.45, 2.75) is 13.3 Å². The van der Waals surface area contributed by atoms with Gasteiger partial charge in [-0.05, 0) is 58.3 Å². The second-order valence-electron chi connectivity index (χ2n) is 5.65. The van der Waals surface area contributed by atoms with Gasteiger partial charge in [0.05, 0.1) is 12.6 Å². The van der Waals surface area contributed by atoms with E-state index in [2.05, 4.69) is 45.0 Å². The van der Waals surface area contributed by atoms with Gasteiger partial charge < -0.3 is 15.1 Å². The average Bonchev–Trinajstić information content (AvgIpc) is 2.72. The summed E-state index contributed by atoms with van der Waals surface area (Å²) in [6, 6.07) is 12.2. The maximum absolute atomic E-state index is 10.1. The molecular formula is C20H27N5O4. The van der Waals surface area contributed by atoms with Gasteiger partial charge in [0.25, 0.3) is 0 Å². The predicted molar refractivity (Wildman–Crippen MR) is 111 cm³/mol. The first kappa shape index (κ1) is 25.6. The summed E-state index contributed by atoms with van der Waals surface area (Å²) >= 11 is 0. The van der Waals surface area contributed by atoms with Gasteiger partial charge in [-0.25, -0.2) is 29.5 Å². The van der Waals surface area contributed by atoms with Gasteiger partial charge in [0.1, 0.15) is 11.4 Å². The van der Waals surface area contributed by atoms with Crippen LogP contribution in [0.2, 0.25) is 0 Å². The first-order chi connectivity index (χ1) is 13.9. The van der Waals surface area contributed by atoms with Crippen molar-refractivity contribution in [2.75, 3.05) is 33.7 Å². The van der Waals surface area contributed by atoms with E-state index < -0.39 is 11.9 Å². The summed E-state index contributed by atoms with van der Waals surface area (Å²) in [4.78, 5) is 37.4. The fourth-order valence-corrected chi connectivity index (χ4v) is 1.62. The molecular weight excluding hydrogens is 374 g/mol. The van der Waals surface area contributed by atoms with Crippen LogP contribution in [-0.2, 0) is 0 Å². The van der Waals surface area contributed by atoms with Crippen molar-refractivity contribution in [1.82, 2.24) is 14.9 Å². The maximum atomic E-state index is 10.1. The lowest BCUT2D eigenvalue weighted by atomic mass is 10.4. The Kier molecular flexibility index (Phi) is 14.8. The molecule has 9 nitrogen and oxygen atoms in total. The van der Waals surface area contributed by atoms with Crippen LogP contribution in [0.3, 0.4) is 0 Å². The molecule has 156 valence electrons. The molecule has 2 rings (SSSR count). The highest BCUT2D eigenvalue weighted by Gasteiger charge is 1.99. The Morgan fingerprint density at radius 2 is 1.48 bits per heavy atom. The Hall–Kier alpha value is -3.42. The number of rotatable bonds is 7. The normalized spacial score (nSPS) is 9.10. The minimum atomic E-state index is -0.990.